The molecule has 0 unspecified atom stereocenters. The Hall–Kier alpha value is -3.36. The van der Waals surface area contributed by atoms with Crippen LogP contribution < -0.4 is 9.62 Å². The molecular weight excluding hydrogens is 534 g/mol. The Morgan fingerprint density at radius 2 is 1.56 bits per heavy atom. The van der Waals surface area contributed by atoms with E-state index in [1.807, 2.05) is 52.0 Å². The minimum absolute atomic E-state index is 0.0589. The highest BCUT2D eigenvalue weighted by Crippen LogP contribution is 2.26. The number of nitrogens with zero attached hydrogens (tertiary/aromatic N) is 2. The van der Waals surface area contributed by atoms with Crippen LogP contribution in [0.5, 0.6) is 0 Å². The smallest absolute Gasteiger partial charge is 0.264 e. The van der Waals surface area contributed by atoms with Crippen molar-refractivity contribution in [2.45, 2.75) is 64.6 Å². The first-order valence-electron chi connectivity index (χ1n) is 12.9. The van der Waals surface area contributed by atoms with Gasteiger partial charge in [0, 0.05) is 17.6 Å². The fraction of sp³-hybridized carbons (Fsp3) is 0.333. The van der Waals surface area contributed by atoms with Gasteiger partial charge >= 0.3 is 0 Å². The highest BCUT2D eigenvalue weighted by molar-refractivity contribution is 7.92. The average Bonchev–Trinajstić information content (AvgIpc) is 2.90. The van der Waals surface area contributed by atoms with Crippen LogP contribution in [-0.2, 0) is 26.2 Å². The molecule has 0 saturated heterocycles. The van der Waals surface area contributed by atoms with Crippen LogP contribution >= 0.6 is 11.6 Å². The van der Waals surface area contributed by atoms with Crippen molar-refractivity contribution in [3.8, 4) is 0 Å². The summed E-state index contributed by atoms with van der Waals surface area (Å²) in [6.45, 7) is 8.99. The van der Waals surface area contributed by atoms with E-state index in [-0.39, 0.29) is 23.4 Å². The molecule has 0 aliphatic heterocycles. The van der Waals surface area contributed by atoms with Crippen LogP contribution in [0, 0.1) is 13.8 Å². The summed E-state index contributed by atoms with van der Waals surface area (Å²) in [4.78, 5) is 28.5. The fourth-order valence-electron chi connectivity index (χ4n) is 4.03. The molecule has 3 aromatic carbocycles. The third-order valence-electron chi connectivity index (χ3n) is 6.61. The average molecular weight is 570 g/mol. The number of sulfonamides is 1. The van der Waals surface area contributed by atoms with Crippen LogP contribution in [0.4, 0.5) is 5.69 Å². The van der Waals surface area contributed by atoms with Crippen LogP contribution in [0.1, 0.15) is 43.9 Å². The van der Waals surface area contributed by atoms with Crippen molar-refractivity contribution in [1.29, 1.82) is 0 Å². The Morgan fingerprint density at radius 3 is 2.15 bits per heavy atom. The molecule has 7 nitrogen and oxygen atoms in total. The number of amides is 2. The van der Waals surface area contributed by atoms with Crippen molar-refractivity contribution in [2.24, 2.45) is 0 Å². The van der Waals surface area contributed by atoms with Crippen molar-refractivity contribution < 1.29 is 18.0 Å². The van der Waals surface area contributed by atoms with Crippen molar-refractivity contribution in [2.75, 3.05) is 10.8 Å². The van der Waals surface area contributed by atoms with Gasteiger partial charge in [0.1, 0.15) is 12.6 Å². The number of rotatable bonds is 11. The van der Waals surface area contributed by atoms with Crippen LogP contribution in [0.25, 0.3) is 0 Å². The van der Waals surface area contributed by atoms with Gasteiger partial charge in [-0.05, 0) is 76.1 Å². The lowest BCUT2D eigenvalue weighted by atomic mass is 10.1. The van der Waals surface area contributed by atoms with E-state index in [0.717, 1.165) is 27.4 Å². The molecule has 3 rings (SSSR count). The predicted octanol–water partition coefficient (Wildman–Crippen LogP) is 5.48. The van der Waals surface area contributed by atoms with Gasteiger partial charge in [-0.25, -0.2) is 8.42 Å². The number of carbonyl (C=O) groups excluding carboxylic acids is 2. The number of aryl methyl sites for hydroxylation is 2. The Bertz CT molecular complexity index is 1390. The minimum Gasteiger partial charge on any atom is -0.352 e. The Morgan fingerprint density at radius 1 is 0.923 bits per heavy atom. The summed E-state index contributed by atoms with van der Waals surface area (Å²) < 4.78 is 28.7. The van der Waals surface area contributed by atoms with Crippen molar-refractivity contribution in [1.82, 2.24) is 10.2 Å². The molecule has 9 heteroatoms. The molecule has 2 amide bonds. The topological polar surface area (TPSA) is 86.8 Å². The van der Waals surface area contributed by atoms with E-state index in [4.69, 9.17) is 11.6 Å². The lowest BCUT2D eigenvalue weighted by molar-refractivity contribution is -0.139. The number of hydrogen-bond donors (Lipinski definition) is 1. The third-order valence-corrected chi connectivity index (χ3v) is 8.65. The van der Waals surface area contributed by atoms with E-state index < -0.39 is 28.5 Å². The standard InChI is InChI=1S/C30H36ClN3O4S/c1-6-23(4)32-30(36)24(5)33(19-25-9-7-8-22(3)18-25)29(35)20-34(27-14-12-26(31)13-15-27)39(37,38)28-16-10-21(2)11-17-28/h7-18,23-24H,6,19-20H2,1-5H3,(H,32,36)/t23-,24+/m1/s1. The van der Waals surface area contributed by atoms with Crippen molar-refractivity contribution in [3.05, 3.63) is 94.5 Å². The van der Waals surface area contributed by atoms with Gasteiger partial charge < -0.3 is 10.2 Å². The van der Waals surface area contributed by atoms with Gasteiger partial charge in [0.15, 0.2) is 0 Å². The Labute approximate surface area is 236 Å². The molecule has 208 valence electrons. The molecule has 0 aromatic heterocycles. The van der Waals surface area contributed by atoms with Gasteiger partial charge in [0.05, 0.1) is 10.6 Å². The molecule has 0 spiro atoms. The zero-order valence-corrected chi connectivity index (χ0v) is 24.6. The molecule has 1 N–H and O–H groups in total. The summed E-state index contributed by atoms with van der Waals surface area (Å²) in [5, 5.41) is 3.37. The van der Waals surface area contributed by atoms with Crippen molar-refractivity contribution in [3.63, 3.8) is 0 Å². The van der Waals surface area contributed by atoms with Gasteiger partial charge in [-0.3, -0.25) is 13.9 Å². The summed E-state index contributed by atoms with van der Waals surface area (Å²) in [6, 6.07) is 19.5. The SMILES string of the molecule is CC[C@@H](C)NC(=O)[C@H](C)N(Cc1cccc(C)c1)C(=O)CN(c1ccc(Cl)cc1)S(=O)(=O)c1ccc(C)cc1. The zero-order chi connectivity index (χ0) is 28.7. The zero-order valence-electron chi connectivity index (χ0n) is 23.0. The maximum Gasteiger partial charge on any atom is 0.264 e. The highest BCUT2D eigenvalue weighted by atomic mass is 35.5. The molecular formula is C30H36ClN3O4S. The minimum atomic E-state index is -4.12. The second kappa shape index (κ2) is 13.1. The Balaban J connectivity index is 2.02. The number of anilines is 1. The van der Waals surface area contributed by atoms with E-state index in [2.05, 4.69) is 5.32 Å². The van der Waals surface area contributed by atoms with Crippen molar-refractivity contribution >= 4 is 39.1 Å². The number of halogens is 1. The number of benzene rings is 3. The lowest BCUT2D eigenvalue weighted by Gasteiger charge is -2.32. The first-order valence-corrected chi connectivity index (χ1v) is 14.7. The number of hydrogen-bond acceptors (Lipinski definition) is 4. The summed E-state index contributed by atoms with van der Waals surface area (Å²) in [5.74, 6) is -0.807. The van der Waals surface area contributed by atoms with Gasteiger partial charge in [0.25, 0.3) is 10.0 Å². The second-order valence-electron chi connectivity index (χ2n) is 9.81. The molecule has 0 fully saturated rings. The predicted molar refractivity (Wildman–Crippen MR) is 156 cm³/mol. The molecule has 0 saturated carbocycles. The fourth-order valence-corrected chi connectivity index (χ4v) is 5.57. The summed E-state index contributed by atoms with van der Waals surface area (Å²) in [7, 11) is -4.12. The monoisotopic (exact) mass is 569 g/mol. The maximum atomic E-state index is 13.9. The summed E-state index contributed by atoms with van der Waals surface area (Å²) >= 11 is 6.07. The lowest BCUT2D eigenvalue weighted by Crippen LogP contribution is -2.52. The normalized spacial score (nSPS) is 12.9. The summed E-state index contributed by atoms with van der Waals surface area (Å²) in [6.07, 6.45) is 0.740. The molecule has 2 atom stereocenters. The van der Waals surface area contributed by atoms with E-state index in [0.29, 0.717) is 10.7 Å². The largest absolute Gasteiger partial charge is 0.352 e. The number of carbonyl (C=O) groups is 2. The molecule has 0 bridgehead atoms. The molecule has 0 aliphatic carbocycles. The van der Waals surface area contributed by atoms with Crippen LogP contribution in [0.2, 0.25) is 5.02 Å². The Kier molecular flexibility index (Phi) is 10.2. The van der Waals surface area contributed by atoms with Gasteiger partial charge in [0.2, 0.25) is 11.8 Å². The first-order chi connectivity index (χ1) is 18.4. The van der Waals surface area contributed by atoms with Crippen LogP contribution in [-0.4, -0.2) is 43.8 Å². The summed E-state index contributed by atoms with van der Waals surface area (Å²) in [5.41, 5.74) is 3.06. The van der Waals surface area contributed by atoms with Gasteiger partial charge in [-0.15, -0.1) is 0 Å². The van der Waals surface area contributed by atoms with Gasteiger partial charge in [-0.2, -0.15) is 0 Å². The molecule has 0 radical (unpaired) electrons. The van der Waals surface area contributed by atoms with Crippen LogP contribution in [0.15, 0.2) is 77.7 Å². The molecule has 3 aromatic rings. The first kappa shape index (κ1) is 30.2. The van der Waals surface area contributed by atoms with E-state index in [1.54, 1.807) is 43.3 Å². The maximum absolute atomic E-state index is 13.9. The second-order valence-corrected chi connectivity index (χ2v) is 12.1. The van der Waals surface area contributed by atoms with Gasteiger partial charge in [-0.1, -0.05) is 66.0 Å². The van der Waals surface area contributed by atoms with E-state index >= 15 is 0 Å². The van der Waals surface area contributed by atoms with E-state index in [1.165, 1.54) is 17.0 Å². The molecule has 39 heavy (non-hydrogen) atoms. The number of nitrogens with one attached hydrogen (secondary N) is 1. The third kappa shape index (κ3) is 7.83. The highest BCUT2D eigenvalue weighted by Gasteiger charge is 2.32. The molecule has 0 aliphatic rings. The molecule has 0 heterocycles. The van der Waals surface area contributed by atoms with E-state index in [9.17, 15) is 18.0 Å². The van der Waals surface area contributed by atoms with Crippen LogP contribution in [0.3, 0.4) is 0 Å². The quantitative estimate of drug-likeness (QED) is 0.331.